The van der Waals surface area contributed by atoms with E-state index in [0.717, 1.165) is 25.8 Å². The maximum atomic E-state index is 13.0. The molecule has 2 aliphatic rings. The highest BCUT2D eigenvalue weighted by Crippen LogP contribution is 2.52. The van der Waals surface area contributed by atoms with Gasteiger partial charge in [-0.2, -0.15) is 0 Å². The molecular formula is C20H24N2O3. The highest BCUT2D eigenvalue weighted by atomic mass is 16.5. The molecule has 5 heteroatoms. The minimum atomic E-state index is -0.0724. The van der Waals surface area contributed by atoms with Crippen LogP contribution in [-0.2, 0) is 0 Å². The predicted octanol–water partition coefficient (Wildman–Crippen LogP) is 4.09. The molecule has 0 spiro atoms. The second kappa shape index (κ2) is 5.35. The molecule has 1 saturated heterocycles. The zero-order valence-corrected chi connectivity index (χ0v) is 15.0. The second-order valence-electron chi connectivity index (χ2n) is 8.74. The summed E-state index contributed by atoms with van der Waals surface area (Å²) in [6.45, 7) is 7.64. The van der Waals surface area contributed by atoms with E-state index in [4.69, 9.17) is 4.52 Å². The van der Waals surface area contributed by atoms with Gasteiger partial charge in [-0.05, 0) is 42.2 Å². The molecule has 2 aromatic rings. The van der Waals surface area contributed by atoms with Crippen molar-refractivity contribution in [3.05, 3.63) is 36.0 Å². The standard InChI is InChI=1S/C20H24N2O3/c1-19(2)9-13-10-20(3,11-19)12-22(13)18(24)15-8-17(25-21-15)14-6-4-5-7-16(14)23/h4-8,13,23H,9-12H2,1-3H3. The number of hydrogen-bond acceptors (Lipinski definition) is 4. The van der Waals surface area contributed by atoms with Crippen molar-refractivity contribution in [2.75, 3.05) is 6.54 Å². The smallest absolute Gasteiger partial charge is 0.276 e. The van der Waals surface area contributed by atoms with E-state index in [9.17, 15) is 9.90 Å². The minimum absolute atomic E-state index is 0.0724. The average molecular weight is 340 g/mol. The van der Waals surface area contributed by atoms with Gasteiger partial charge in [-0.25, -0.2) is 0 Å². The molecule has 1 aliphatic carbocycles. The lowest BCUT2D eigenvalue weighted by Gasteiger charge is -2.39. The zero-order valence-electron chi connectivity index (χ0n) is 15.0. The number of aromatic hydroxyl groups is 1. The number of carbonyl (C=O) groups excluding carboxylic acids is 1. The van der Waals surface area contributed by atoms with Crippen LogP contribution < -0.4 is 0 Å². The molecule has 2 fully saturated rings. The fourth-order valence-electron chi connectivity index (χ4n) is 5.03. The number of aromatic nitrogens is 1. The number of para-hydroxylation sites is 1. The van der Waals surface area contributed by atoms with Crippen molar-refractivity contribution in [1.82, 2.24) is 10.1 Å². The Labute approximate surface area is 147 Å². The number of benzene rings is 1. The van der Waals surface area contributed by atoms with E-state index < -0.39 is 0 Å². The number of fused-ring (bicyclic) bond motifs is 2. The van der Waals surface area contributed by atoms with Gasteiger partial charge in [-0.3, -0.25) is 4.79 Å². The summed E-state index contributed by atoms with van der Waals surface area (Å²) in [5, 5.41) is 13.9. The maximum absolute atomic E-state index is 13.0. The van der Waals surface area contributed by atoms with E-state index in [-0.39, 0.29) is 28.5 Å². The van der Waals surface area contributed by atoms with Gasteiger partial charge in [-0.15, -0.1) is 0 Å². The van der Waals surface area contributed by atoms with Crippen LogP contribution in [0, 0.1) is 10.8 Å². The largest absolute Gasteiger partial charge is 0.507 e. The van der Waals surface area contributed by atoms with E-state index in [0.29, 0.717) is 17.0 Å². The number of phenolic OH excluding ortho intramolecular Hbond substituents is 1. The van der Waals surface area contributed by atoms with Gasteiger partial charge in [0.1, 0.15) is 5.75 Å². The molecular weight excluding hydrogens is 316 g/mol. The van der Waals surface area contributed by atoms with Crippen LogP contribution in [0.2, 0.25) is 0 Å². The van der Waals surface area contributed by atoms with Crippen molar-refractivity contribution in [2.45, 2.75) is 46.1 Å². The maximum Gasteiger partial charge on any atom is 0.276 e. The number of amides is 1. The van der Waals surface area contributed by atoms with Gasteiger partial charge in [0, 0.05) is 18.7 Å². The van der Waals surface area contributed by atoms with Gasteiger partial charge >= 0.3 is 0 Å². The monoisotopic (exact) mass is 340 g/mol. The van der Waals surface area contributed by atoms with E-state index in [1.54, 1.807) is 24.3 Å². The van der Waals surface area contributed by atoms with Crippen molar-refractivity contribution in [2.24, 2.45) is 10.8 Å². The Morgan fingerprint density at radius 2 is 2.04 bits per heavy atom. The molecule has 5 nitrogen and oxygen atoms in total. The summed E-state index contributed by atoms with van der Waals surface area (Å²) in [6.07, 6.45) is 3.23. The first-order valence-electron chi connectivity index (χ1n) is 8.83. The molecule has 1 saturated carbocycles. The van der Waals surface area contributed by atoms with Crippen LogP contribution in [0.3, 0.4) is 0 Å². The molecule has 4 rings (SSSR count). The molecule has 25 heavy (non-hydrogen) atoms. The van der Waals surface area contributed by atoms with Crippen molar-refractivity contribution >= 4 is 5.91 Å². The van der Waals surface area contributed by atoms with Crippen LogP contribution >= 0.6 is 0 Å². The van der Waals surface area contributed by atoms with Crippen molar-refractivity contribution < 1.29 is 14.4 Å². The summed E-state index contributed by atoms with van der Waals surface area (Å²) >= 11 is 0. The summed E-state index contributed by atoms with van der Waals surface area (Å²) in [6, 6.07) is 8.79. The van der Waals surface area contributed by atoms with E-state index in [1.807, 2.05) is 11.0 Å². The molecule has 2 atom stereocenters. The number of rotatable bonds is 2. The third-order valence-electron chi connectivity index (χ3n) is 5.57. The molecule has 2 bridgehead atoms. The van der Waals surface area contributed by atoms with Gasteiger partial charge in [0.05, 0.1) is 5.56 Å². The molecule has 2 unspecified atom stereocenters. The Bertz CT molecular complexity index is 826. The quantitative estimate of drug-likeness (QED) is 0.894. The van der Waals surface area contributed by atoms with Crippen LogP contribution in [0.4, 0.5) is 0 Å². The third-order valence-corrected chi connectivity index (χ3v) is 5.57. The molecule has 1 aromatic heterocycles. The number of phenols is 1. The fourth-order valence-corrected chi connectivity index (χ4v) is 5.03. The normalized spacial score (nSPS) is 27.5. The van der Waals surface area contributed by atoms with Gasteiger partial charge in [-0.1, -0.05) is 38.1 Å². The number of carbonyl (C=O) groups is 1. The summed E-state index contributed by atoms with van der Waals surface area (Å²) in [5.41, 5.74) is 1.30. The lowest BCUT2D eigenvalue weighted by atomic mass is 9.65. The Morgan fingerprint density at radius 3 is 2.80 bits per heavy atom. The van der Waals surface area contributed by atoms with Crippen LogP contribution in [-0.4, -0.2) is 33.7 Å². The summed E-state index contributed by atoms with van der Waals surface area (Å²) in [7, 11) is 0. The molecule has 1 aromatic carbocycles. The number of hydrogen-bond donors (Lipinski definition) is 1. The van der Waals surface area contributed by atoms with E-state index in [1.165, 1.54) is 0 Å². The first kappa shape index (κ1) is 16.2. The van der Waals surface area contributed by atoms with Crippen LogP contribution in [0.1, 0.15) is 50.5 Å². The Balaban J connectivity index is 1.60. The lowest BCUT2D eigenvalue weighted by Crippen LogP contribution is -2.37. The number of likely N-dealkylation sites (tertiary alicyclic amines) is 1. The van der Waals surface area contributed by atoms with Crippen LogP contribution in [0.15, 0.2) is 34.9 Å². The van der Waals surface area contributed by atoms with E-state index in [2.05, 4.69) is 25.9 Å². The zero-order chi connectivity index (χ0) is 17.8. The van der Waals surface area contributed by atoms with Crippen molar-refractivity contribution in [3.63, 3.8) is 0 Å². The fraction of sp³-hybridized carbons (Fsp3) is 0.500. The first-order valence-corrected chi connectivity index (χ1v) is 8.83. The molecule has 1 aliphatic heterocycles. The van der Waals surface area contributed by atoms with Gasteiger partial charge in [0.15, 0.2) is 11.5 Å². The highest BCUT2D eigenvalue weighted by molar-refractivity contribution is 5.93. The van der Waals surface area contributed by atoms with Crippen molar-refractivity contribution in [1.29, 1.82) is 0 Å². The summed E-state index contributed by atoms with van der Waals surface area (Å²) < 4.78 is 5.33. The van der Waals surface area contributed by atoms with Crippen LogP contribution in [0.5, 0.6) is 5.75 Å². The minimum Gasteiger partial charge on any atom is -0.507 e. The molecule has 1 amide bonds. The predicted molar refractivity (Wildman–Crippen MR) is 94.2 cm³/mol. The topological polar surface area (TPSA) is 66.6 Å². The highest BCUT2D eigenvalue weighted by Gasteiger charge is 2.51. The summed E-state index contributed by atoms with van der Waals surface area (Å²) in [5.74, 6) is 0.455. The average Bonchev–Trinajstić information content (AvgIpc) is 3.09. The van der Waals surface area contributed by atoms with Crippen molar-refractivity contribution in [3.8, 4) is 17.1 Å². The molecule has 1 N–H and O–H groups in total. The Kier molecular flexibility index (Phi) is 3.46. The SMILES string of the molecule is CC1(C)CC2CC(C)(CN2C(=O)c2cc(-c3ccccc3O)on2)C1. The Hall–Kier alpha value is -2.30. The summed E-state index contributed by atoms with van der Waals surface area (Å²) in [4.78, 5) is 15.0. The van der Waals surface area contributed by atoms with Crippen LogP contribution in [0.25, 0.3) is 11.3 Å². The molecule has 132 valence electrons. The first-order chi connectivity index (χ1) is 11.8. The number of nitrogens with zero attached hydrogens (tertiary/aromatic N) is 2. The van der Waals surface area contributed by atoms with Gasteiger partial charge < -0.3 is 14.5 Å². The lowest BCUT2D eigenvalue weighted by molar-refractivity contribution is 0.0698. The molecule has 0 radical (unpaired) electrons. The molecule has 2 heterocycles. The third kappa shape index (κ3) is 2.81. The van der Waals surface area contributed by atoms with Gasteiger partial charge in [0.25, 0.3) is 5.91 Å². The van der Waals surface area contributed by atoms with Gasteiger partial charge in [0.2, 0.25) is 0 Å². The Morgan fingerprint density at radius 1 is 1.28 bits per heavy atom. The second-order valence-corrected chi connectivity index (χ2v) is 8.74. The van der Waals surface area contributed by atoms with E-state index >= 15 is 0 Å².